The van der Waals surface area contributed by atoms with Crippen LogP contribution >= 0.6 is 11.8 Å². The van der Waals surface area contributed by atoms with Gasteiger partial charge in [-0.1, -0.05) is 12.1 Å². The molecule has 1 aromatic rings. The standard InChI is InChI=1S/C13H15NO3S/c1-18-9-4-2-8(3-5-9)10-6-12(15)14-7-11(10)13(16)17/h2-5,10-11H,6-7H2,1H3,(H,14,15)(H,16,17). The Balaban J connectivity index is 2.25. The molecule has 0 aliphatic carbocycles. The van der Waals surface area contributed by atoms with Crippen molar-refractivity contribution in [3.05, 3.63) is 29.8 Å². The second-order valence-corrected chi connectivity index (χ2v) is 5.21. The molecule has 5 heteroatoms. The van der Waals surface area contributed by atoms with E-state index in [2.05, 4.69) is 5.32 Å². The molecule has 1 saturated heterocycles. The van der Waals surface area contributed by atoms with Gasteiger partial charge in [0.1, 0.15) is 0 Å². The molecule has 1 fully saturated rings. The van der Waals surface area contributed by atoms with Gasteiger partial charge in [0.25, 0.3) is 0 Å². The van der Waals surface area contributed by atoms with Gasteiger partial charge in [0.05, 0.1) is 5.92 Å². The van der Waals surface area contributed by atoms with Crippen LogP contribution in [0.4, 0.5) is 0 Å². The van der Waals surface area contributed by atoms with E-state index in [1.165, 1.54) is 0 Å². The van der Waals surface area contributed by atoms with Crippen LogP contribution in [0.3, 0.4) is 0 Å². The molecular formula is C13H15NO3S. The highest BCUT2D eigenvalue weighted by molar-refractivity contribution is 7.98. The van der Waals surface area contributed by atoms with Crippen molar-refractivity contribution in [1.82, 2.24) is 5.32 Å². The number of carboxylic acid groups (broad SMARTS) is 1. The molecule has 2 N–H and O–H groups in total. The molecular weight excluding hydrogens is 250 g/mol. The molecule has 0 bridgehead atoms. The molecule has 2 unspecified atom stereocenters. The lowest BCUT2D eigenvalue weighted by atomic mass is 9.81. The van der Waals surface area contributed by atoms with Crippen LogP contribution in [0.25, 0.3) is 0 Å². The highest BCUT2D eigenvalue weighted by Gasteiger charge is 2.35. The third-order valence-corrected chi connectivity index (χ3v) is 4.01. The summed E-state index contributed by atoms with van der Waals surface area (Å²) in [5.74, 6) is -1.70. The van der Waals surface area contributed by atoms with Crippen molar-refractivity contribution in [2.24, 2.45) is 5.92 Å². The number of nitrogens with one attached hydrogen (secondary N) is 1. The van der Waals surface area contributed by atoms with E-state index in [1.807, 2.05) is 30.5 Å². The Kier molecular flexibility index (Phi) is 3.91. The number of piperidine rings is 1. The lowest BCUT2D eigenvalue weighted by molar-refractivity contribution is -0.144. The van der Waals surface area contributed by atoms with Crippen LogP contribution in [0, 0.1) is 5.92 Å². The van der Waals surface area contributed by atoms with Gasteiger partial charge in [0.15, 0.2) is 0 Å². The Morgan fingerprint density at radius 1 is 1.39 bits per heavy atom. The van der Waals surface area contributed by atoms with E-state index in [0.29, 0.717) is 0 Å². The van der Waals surface area contributed by atoms with Crippen LogP contribution in [0.1, 0.15) is 17.9 Å². The summed E-state index contributed by atoms with van der Waals surface area (Å²) in [5, 5.41) is 11.8. The number of hydrogen-bond acceptors (Lipinski definition) is 3. The molecule has 1 amide bonds. The summed E-state index contributed by atoms with van der Waals surface area (Å²) >= 11 is 1.64. The largest absolute Gasteiger partial charge is 0.481 e. The molecule has 4 nitrogen and oxygen atoms in total. The Hall–Kier alpha value is -1.49. The molecule has 1 aliphatic rings. The van der Waals surface area contributed by atoms with Gasteiger partial charge < -0.3 is 10.4 Å². The van der Waals surface area contributed by atoms with E-state index in [9.17, 15) is 14.7 Å². The number of hydrogen-bond donors (Lipinski definition) is 2. The van der Waals surface area contributed by atoms with Gasteiger partial charge >= 0.3 is 5.97 Å². The Bertz CT molecular complexity index is 458. The lowest BCUT2D eigenvalue weighted by Crippen LogP contribution is -2.43. The van der Waals surface area contributed by atoms with E-state index in [-0.39, 0.29) is 24.8 Å². The first-order valence-corrected chi connectivity index (χ1v) is 6.97. The predicted octanol–water partition coefficient (Wildman–Crippen LogP) is 1.71. The first-order valence-electron chi connectivity index (χ1n) is 5.75. The second-order valence-electron chi connectivity index (χ2n) is 4.33. The van der Waals surface area contributed by atoms with Crippen LogP contribution in [-0.2, 0) is 9.59 Å². The number of aliphatic carboxylic acids is 1. The van der Waals surface area contributed by atoms with Crippen molar-refractivity contribution in [2.75, 3.05) is 12.8 Å². The van der Waals surface area contributed by atoms with Gasteiger partial charge in [-0.25, -0.2) is 0 Å². The van der Waals surface area contributed by atoms with Crippen molar-refractivity contribution in [2.45, 2.75) is 17.2 Å². The second kappa shape index (κ2) is 5.44. The number of rotatable bonds is 3. The van der Waals surface area contributed by atoms with E-state index in [1.54, 1.807) is 11.8 Å². The first-order chi connectivity index (χ1) is 8.61. The van der Waals surface area contributed by atoms with Crippen LogP contribution in [0.2, 0.25) is 0 Å². The molecule has 18 heavy (non-hydrogen) atoms. The first kappa shape index (κ1) is 13.0. The Morgan fingerprint density at radius 3 is 2.61 bits per heavy atom. The number of carbonyl (C=O) groups is 2. The average Bonchev–Trinajstić information content (AvgIpc) is 2.38. The number of carbonyl (C=O) groups excluding carboxylic acids is 1. The van der Waals surface area contributed by atoms with E-state index < -0.39 is 11.9 Å². The minimum Gasteiger partial charge on any atom is -0.481 e. The van der Waals surface area contributed by atoms with Crippen molar-refractivity contribution >= 4 is 23.6 Å². The highest BCUT2D eigenvalue weighted by atomic mass is 32.2. The SMILES string of the molecule is CSc1ccc(C2CC(=O)NCC2C(=O)O)cc1. The summed E-state index contributed by atoms with van der Waals surface area (Å²) in [6.45, 7) is 0.211. The molecule has 2 rings (SSSR count). The number of benzene rings is 1. The van der Waals surface area contributed by atoms with Crippen LogP contribution in [-0.4, -0.2) is 29.8 Å². The van der Waals surface area contributed by atoms with Gasteiger partial charge in [0.2, 0.25) is 5.91 Å². The maximum atomic E-state index is 11.4. The number of thioether (sulfide) groups is 1. The summed E-state index contributed by atoms with van der Waals surface area (Å²) in [4.78, 5) is 23.8. The molecule has 0 spiro atoms. The van der Waals surface area contributed by atoms with Gasteiger partial charge in [-0.05, 0) is 24.0 Å². The van der Waals surface area contributed by atoms with E-state index >= 15 is 0 Å². The summed E-state index contributed by atoms with van der Waals surface area (Å²) in [6.07, 6.45) is 2.23. The molecule has 0 saturated carbocycles. The smallest absolute Gasteiger partial charge is 0.308 e. The monoisotopic (exact) mass is 265 g/mol. The third-order valence-electron chi connectivity index (χ3n) is 3.27. The summed E-state index contributed by atoms with van der Waals surface area (Å²) < 4.78 is 0. The van der Waals surface area contributed by atoms with Gasteiger partial charge in [-0.15, -0.1) is 11.8 Å². The zero-order valence-corrected chi connectivity index (χ0v) is 10.9. The summed E-state index contributed by atoms with van der Waals surface area (Å²) in [5.41, 5.74) is 0.926. The minimum atomic E-state index is -0.853. The topological polar surface area (TPSA) is 66.4 Å². The third kappa shape index (κ3) is 2.67. The number of carboxylic acids is 1. The summed E-state index contributed by atoms with van der Waals surface area (Å²) in [7, 11) is 0. The Morgan fingerprint density at radius 2 is 2.06 bits per heavy atom. The maximum Gasteiger partial charge on any atom is 0.308 e. The molecule has 2 atom stereocenters. The molecule has 1 aliphatic heterocycles. The van der Waals surface area contributed by atoms with Gasteiger partial charge in [-0.2, -0.15) is 0 Å². The lowest BCUT2D eigenvalue weighted by Gasteiger charge is -2.29. The van der Waals surface area contributed by atoms with Gasteiger partial charge in [-0.3, -0.25) is 9.59 Å². The minimum absolute atomic E-state index is 0.0774. The fraction of sp³-hybridized carbons (Fsp3) is 0.385. The van der Waals surface area contributed by atoms with Crippen molar-refractivity contribution in [3.8, 4) is 0 Å². The zero-order valence-electron chi connectivity index (χ0n) is 10.1. The molecule has 96 valence electrons. The van der Waals surface area contributed by atoms with Gasteiger partial charge in [0, 0.05) is 23.8 Å². The van der Waals surface area contributed by atoms with Crippen LogP contribution < -0.4 is 5.32 Å². The van der Waals surface area contributed by atoms with Crippen molar-refractivity contribution in [1.29, 1.82) is 0 Å². The summed E-state index contributed by atoms with van der Waals surface area (Å²) in [6, 6.07) is 7.77. The maximum absolute atomic E-state index is 11.4. The quantitative estimate of drug-likeness (QED) is 0.817. The zero-order chi connectivity index (χ0) is 13.1. The molecule has 0 radical (unpaired) electrons. The van der Waals surface area contributed by atoms with Crippen molar-refractivity contribution < 1.29 is 14.7 Å². The Labute approximate surface area is 110 Å². The normalized spacial score (nSPS) is 23.5. The molecule has 0 aromatic heterocycles. The fourth-order valence-corrected chi connectivity index (χ4v) is 2.65. The highest BCUT2D eigenvalue weighted by Crippen LogP contribution is 2.31. The molecule has 1 heterocycles. The van der Waals surface area contributed by atoms with E-state index in [4.69, 9.17) is 0 Å². The van der Waals surface area contributed by atoms with Crippen LogP contribution in [0.15, 0.2) is 29.2 Å². The number of amides is 1. The predicted molar refractivity (Wildman–Crippen MR) is 69.7 cm³/mol. The van der Waals surface area contributed by atoms with Crippen LogP contribution in [0.5, 0.6) is 0 Å². The van der Waals surface area contributed by atoms with Crippen molar-refractivity contribution in [3.63, 3.8) is 0 Å². The molecule has 1 aromatic carbocycles. The fourth-order valence-electron chi connectivity index (χ4n) is 2.24. The average molecular weight is 265 g/mol. The van der Waals surface area contributed by atoms with E-state index in [0.717, 1.165) is 10.5 Å².